The number of amides is 2. The molecule has 0 fully saturated rings. The summed E-state index contributed by atoms with van der Waals surface area (Å²) in [5.74, 6) is -1.67. The first-order chi connectivity index (χ1) is 15.9. The van der Waals surface area contributed by atoms with Crippen LogP contribution in [0, 0.1) is 11.6 Å². The highest BCUT2D eigenvalue weighted by Gasteiger charge is 2.28. The second-order valence-corrected chi connectivity index (χ2v) is 8.23. The predicted octanol–water partition coefficient (Wildman–Crippen LogP) is 3.47. The largest absolute Gasteiger partial charge is 0.355 e. The lowest BCUT2D eigenvalue weighted by molar-refractivity contribution is -0.135. The van der Waals surface area contributed by atoms with E-state index in [-0.39, 0.29) is 42.3 Å². The molecule has 0 radical (unpaired) electrons. The van der Waals surface area contributed by atoms with E-state index in [4.69, 9.17) is 5.73 Å². The van der Waals surface area contributed by atoms with Gasteiger partial charge in [0, 0.05) is 25.6 Å². The van der Waals surface area contributed by atoms with Gasteiger partial charge in [0.1, 0.15) is 11.6 Å². The van der Waals surface area contributed by atoms with E-state index in [0.29, 0.717) is 13.1 Å². The molecule has 1 aliphatic heterocycles. The van der Waals surface area contributed by atoms with Gasteiger partial charge in [0.15, 0.2) is 0 Å². The van der Waals surface area contributed by atoms with Crippen molar-refractivity contribution in [2.24, 2.45) is 5.73 Å². The van der Waals surface area contributed by atoms with Crippen LogP contribution in [0.4, 0.5) is 8.78 Å². The summed E-state index contributed by atoms with van der Waals surface area (Å²) in [6.07, 6.45) is -0.148. The smallest absolute Gasteiger partial charge is 0.240 e. The van der Waals surface area contributed by atoms with E-state index in [0.717, 1.165) is 22.3 Å². The maximum atomic E-state index is 13.4. The van der Waals surface area contributed by atoms with Gasteiger partial charge in [0.05, 0.1) is 12.5 Å². The Morgan fingerprint density at radius 2 is 1.33 bits per heavy atom. The molecule has 0 aromatic heterocycles. The number of carbonyl (C=O) groups is 2. The Kier molecular flexibility index (Phi) is 6.79. The Labute approximate surface area is 191 Å². The Hall–Kier alpha value is -3.58. The second-order valence-electron chi connectivity index (χ2n) is 8.23. The van der Waals surface area contributed by atoms with Crippen molar-refractivity contribution in [1.82, 2.24) is 10.2 Å². The molecule has 0 aliphatic carbocycles. The molecule has 3 N–H and O–H groups in total. The van der Waals surface area contributed by atoms with Crippen molar-refractivity contribution in [2.75, 3.05) is 6.54 Å². The molecule has 2 amide bonds. The van der Waals surface area contributed by atoms with Crippen molar-refractivity contribution < 1.29 is 18.4 Å². The average molecular weight is 450 g/mol. The molecule has 0 unspecified atom stereocenters. The summed E-state index contributed by atoms with van der Waals surface area (Å²) in [7, 11) is 0. The van der Waals surface area contributed by atoms with E-state index in [1.807, 2.05) is 24.3 Å². The maximum absolute atomic E-state index is 13.4. The van der Waals surface area contributed by atoms with Gasteiger partial charge >= 0.3 is 0 Å². The number of nitrogens with one attached hydrogen (secondary N) is 1. The highest BCUT2D eigenvalue weighted by atomic mass is 19.1. The zero-order valence-corrected chi connectivity index (χ0v) is 18.0. The second kappa shape index (κ2) is 9.92. The summed E-state index contributed by atoms with van der Waals surface area (Å²) < 4.78 is 26.8. The number of fused-ring (bicyclic) bond motifs is 1. The lowest BCUT2D eigenvalue weighted by Crippen LogP contribution is -2.44. The standard InChI is InChI=1S/C26H25F2N3O2/c27-21-9-5-17(6-10-21)23(18-7-11-22(28)12-8-18)14-30-25(32)13-24(29)26(33)31-15-19-3-1-2-4-20(19)16-31/h1-12,23-24H,13-16,29H2,(H,30,32)/t24-/m0/s1. The first-order valence-electron chi connectivity index (χ1n) is 10.8. The third-order valence-corrected chi connectivity index (χ3v) is 5.92. The van der Waals surface area contributed by atoms with Crippen LogP contribution in [0.3, 0.4) is 0 Å². The molecule has 0 saturated carbocycles. The summed E-state index contributed by atoms with van der Waals surface area (Å²) in [6.45, 7) is 1.18. The van der Waals surface area contributed by atoms with E-state index in [2.05, 4.69) is 5.32 Å². The van der Waals surface area contributed by atoms with Gasteiger partial charge < -0.3 is 16.0 Å². The van der Waals surface area contributed by atoms with Crippen LogP contribution < -0.4 is 11.1 Å². The predicted molar refractivity (Wildman–Crippen MR) is 121 cm³/mol. The highest BCUT2D eigenvalue weighted by molar-refractivity contribution is 5.88. The molecule has 0 spiro atoms. The number of hydrogen-bond donors (Lipinski definition) is 2. The molecule has 3 aromatic rings. The Balaban J connectivity index is 1.37. The van der Waals surface area contributed by atoms with Crippen LogP contribution in [0.5, 0.6) is 0 Å². The Bertz CT molecular complexity index is 1060. The number of hydrogen-bond acceptors (Lipinski definition) is 3. The molecule has 1 heterocycles. The van der Waals surface area contributed by atoms with Gasteiger partial charge in [-0.3, -0.25) is 9.59 Å². The molecule has 3 aromatic carbocycles. The van der Waals surface area contributed by atoms with Crippen LogP contribution in [0.15, 0.2) is 72.8 Å². The maximum Gasteiger partial charge on any atom is 0.240 e. The summed E-state index contributed by atoms with van der Waals surface area (Å²) in [5.41, 5.74) is 9.79. The van der Waals surface area contributed by atoms with Crippen molar-refractivity contribution >= 4 is 11.8 Å². The number of carbonyl (C=O) groups excluding carboxylic acids is 2. The topological polar surface area (TPSA) is 75.4 Å². The van der Waals surface area contributed by atoms with Crippen LogP contribution in [-0.2, 0) is 22.7 Å². The fraction of sp³-hybridized carbons (Fsp3) is 0.231. The molecular weight excluding hydrogens is 424 g/mol. The van der Waals surface area contributed by atoms with Crippen LogP contribution in [0.25, 0.3) is 0 Å². The van der Waals surface area contributed by atoms with Gasteiger partial charge in [-0.15, -0.1) is 0 Å². The number of nitrogens with zero attached hydrogens (tertiary/aromatic N) is 1. The van der Waals surface area contributed by atoms with Gasteiger partial charge in [-0.1, -0.05) is 48.5 Å². The van der Waals surface area contributed by atoms with Crippen LogP contribution >= 0.6 is 0 Å². The number of halogens is 2. The zero-order chi connectivity index (χ0) is 23.4. The third kappa shape index (κ3) is 5.43. The molecule has 5 nitrogen and oxygen atoms in total. The van der Waals surface area contributed by atoms with Gasteiger partial charge in [0.25, 0.3) is 0 Å². The first-order valence-corrected chi connectivity index (χ1v) is 10.8. The molecule has 0 saturated heterocycles. The van der Waals surface area contributed by atoms with E-state index in [9.17, 15) is 18.4 Å². The number of rotatable bonds is 7. The molecule has 1 aliphatic rings. The molecule has 170 valence electrons. The monoisotopic (exact) mass is 449 g/mol. The lowest BCUT2D eigenvalue weighted by atomic mass is 9.91. The molecule has 4 rings (SSSR count). The van der Waals surface area contributed by atoms with E-state index >= 15 is 0 Å². The summed E-state index contributed by atoms with van der Waals surface area (Å²) in [6, 6.07) is 18.8. The Morgan fingerprint density at radius 1 is 0.848 bits per heavy atom. The van der Waals surface area contributed by atoms with Gasteiger partial charge in [0.2, 0.25) is 11.8 Å². The fourth-order valence-corrected chi connectivity index (χ4v) is 4.12. The first kappa shape index (κ1) is 22.6. The molecular formula is C26H25F2N3O2. The lowest BCUT2D eigenvalue weighted by Gasteiger charge is -2.22. The normalized spacial score (nSPS) is 13.6. The number of benzene rings is 3. The van der Waals surface area contributed by atoms with Gasteiger partial charge in [-0.05, 0) is 46.5 Å². The molecule has 0 bridgehead atoms. The van der Waals surface area contributed by atoms with Crippen molar-refractivity contribution in [2.45, 2.75) is 31.5 Å². The van der Waals surface area contributed by atoms with E-state index < -0.39 is 6.04 Å². The van der Waals surface area contributed by atoms with Crippen molar-refractivity contribution in [3.63, 3.8) is 0 Å². The van der Waals surface area contributed by atoms with Crippen molar-refractivity contribution in [1.29, 1.82) is 0 Å². The molecule has 7 heteroatoms. The van der Waals surface area contributed by atoms with E-state index in [1.54, 1.807) is 29.2 Å². The minimum atomic E-state index is -0.950. The van der Waals surface area contributed by atoms with Crippen LogP contribution in [0.1, 0.15) is 34.6 Å². The van der Waals surface area contributed by atoms with Gasteiger partial charge in [-0.2, -0.15) is 0 Å². The SMILES string of the molecule is N[C@@H](CC(=O)NCC(c1ccc(F)cc1)c1ccc(F)cc1)C(=O)N1Cc2ccccc2C1. The minimum Gasteiger partial charge on any atom is -0.355 e. The molecule has 33 heavy (non-hydrogen) atoms. The van der Waals surface area contributed by atoms with E-state index in [1.165, 1.54) is 24.3 Å². The summed E-state index contributed by atoms with van der Waals surface area (Å²) in [5, 5.41) is 2.83. The fourth-order valence-electron chi connectivity index (χ4n) is 4.12. The summed E-state index contributed by atoms with van der Waals surface area (Å²) >= 11 is 0. The number of nitrogens with two attached hydrogens (primary N) is 1. The Morgan fingerprint density at radius 3 is 1.82 bits per heavy atom. The highest BCUT2D eigenvalue weighted by Crippen LogP contribution is 2.25. The quantitative estimate of drug-likeness (QED) is 0.580. The third-order valence-electron chi connectivity index (χ3n) is 5.92. The minimum absolute atomic E-state index is 0.148. The van der Waals surface area contributed by atoms with Crippen molar-refractivity contribution in [3.8, 4) is 0 Å². The van der Waals surface area contributed by atoms with Crippen LogP contribution in [0.2, 0.25) is 0 Å². The average Bonchev–Trinajstić information content (AvgIpc) is 3.25. The van der Waals surface area contributed by atoms with Crippen molar-refractivity contribution in [3.05, 3.63) is 107 Å². The van der Waals surface area contributed by atoms with Crippen LogP contribution in [-0.4, -0.2) is 29.3 Å². The molecule has 1 atom stereocenters. The zero-order valence-electron chi connectivity index (χ0n) is 18.0. The summed E-state index contributed by atoms with van der Waals surface area (Å²) in [4.78, 5) is 27.0. The van der Waals surface area contributed by atoms with Gasteiger partial charge in [-0.25, -0.2) is 8.78 Å².